The van der Waals surface area contributed by atoms with Crippen molar-refractivity contribution < 1.29 is 24.5 Å². The van der Waals surface area contributed by atoms with Crippen LogP contribution in [0.2, 0.25) is 0 Å². The Balaban J connectivity index is 1.42. The Labute approximate surface area is 192 Å². The zero-order chi connectivity index (χ0) is 22.9. The fourth-order valence-corrected chi connectivity index (χ4v) is 4.24. The molecule has 2 aliphatic heterocycles. The summed E-state index contributed by atoms with van der Waals surface area (Å²) in [7, 11) is 0. The van der Waals surface area contributed by atoms with Gasteiger partial charge in [0.25, 0.3) is 5.91 Å². The predicted octanol–water partition coefficient (Wildman–Crippen LogP) is 3.95. The number of anilines is 1. The maximum atomic E-state index is 13.6. The lowest BCUT2D eigenvalue weighted by atomic mass is 10.1. The minimum atomic E-state index is -0.340. The molecule has 0 saturated carbocycles. The normalized spacial score (nSPS) is 15.1. The number of phenols is 2. The lowest BCUT2D eigenvalue weighted by molar-refractivity contribution is 0.0210. The average molecular weight is 447 g/mol. The van der Waals surface area contributed by atoms with Gasteiger partial charge in [-0.05, 0) is 29.7 Å². The fraction of sp³-hybridized carbons (Fsp3) is 0.269. The summed E-state index contributed by atoms with van der Waals surface area (Å²) >= 11 is 0. The quantitative estimate of drug-likeness (QED) is 0.531. The Morgan fingerprint density at radius 2 is 1.88 bits per heavy atom. The van der Waals surface area contributed by atoms with E-state index in [2.05, 4.69) is 5.32 Å². The van der Waals surface area contributed by atoms with Crippen molar-refractivity contribution in [1.82, 2.24) is 4.90 Å². The predicted molar refractivity (Wildman–Crippen MR) is 124 cm³/mol. The van der Waals surface area contributed by atoms with E-state index >= 15 is 0 Å². The van der Waals surface area contributed by atoms with Gasteiger partial charge in [0.1, 0.15) is 29.4 Å². The van der Waals surface area contributed by atoms with Crippen LogP contribution in [0.5, 0.6) is 17.2 Å². The van der Waals surface area contributed by atoms with Crippen LogP contribution in [0.1, 0.15) is 32.6 Å². The zero-order valence-electron chi connectivity index (χ0n) is 18.4. The minimum Gasteiger partial charge on any atom is -0.507 e. The van der Waals surface area contributed by atoms with Gasteiger partial charge in [-0.25, -0.2) is 0 Å². The molecule has 0 aliphatic carbocycles. The Morgan fingerprint density at radius 1 is 1.09 bits per heavy atom. The van der Waals surface area contributed by atoms with Crippen LogP contribution in [-0.4, -0.2) is 40.3 Å². The number of phenolic OH excluding ortho intramolecular Hbond substituents is 2. The number of rotatable bonds is 6. The summed E-state index contributed by atoms with van der Waals surface area (Å²) in [6, 6.07) is 17.0. The molecule has 7 heteroatoms. The summed E-state index contributed by atoms with van der Waals surface area (Å²) in [5, 5.41) is 24.4. The van der Waals surface area contributed by atoms with Gasteiger partial charge in [-0.3, -0.25) is 4.79 Å². The summed E-state index contributed by atoms with van der Waals surface area (Å²) in [4.78, 5) is 15.3. The third kappa shape index (κ3) is 4.07. The SMILES string of the molecule is Cc1c(O)cc(O)c(C(=O)N2Cc3cccc(NC4COC4)c3C2)c1OCc1ccccc1. The number of hydrogen-bond acceptors (Lipinski definition) is 6. The Bertz CT molecular complexity index is 1190. The summed E-state index contributed by atoms with van der Waals surface area (Å²) < 4.78 is 11.2. The molecule has 0 aromatic heterocycles. The fourth-order valence-electron chi connectivity index (χ4n) is 4.24. The second kappa shape index (κ2) is 8.67. The lowest BCUT2D eigenvalue weighted by Gasteiger charge is -2.28. The van der Waals surface area contributed by atoms with Crippen molar-refractivity contribution >= 4 is 11.6 Å². The van der Waals surface area contributed by atoms with E-state index in [1.165, 1.54) is 6.07 Å². The van der Waals surface area contributed by atoms with Crippen LogP contribution in [0.4, 0.5) is 5.69 Å². The minimum absolute atomic E-state index is 0.0657. The topological polar surface area (TPSA) is 91.3 Å². The molecule has 0 atom stereocenters. The number of nitrogens with one attached hydrogen (secondary N) is 1. The molecule has 170 valence electrons. The molecule has 33 heavy (non-hydrogen) atoms. The number of fused-ring (bicyclic) bond motifs is 1. The number of nitrogens with zero attached hydrogens (tertiary/aromatic N) is 1. The summed E-state index contributed by atoms with van der Waals surface area (Å²) in [6.45, 7) is 4.09. The van der Waals surface area contributed by atoms with Crippen LogP contribution in [0, 0.1) is 6.92 Å². The third-order valence-electron chi connectivity index (χ3n) is 6.19. The highest BCUT2D eigenvalue weighted by atomic mass is 16.5. The number of carbonyl (C=O) groups excluding carboxylic acids is 1. The molecular weight excluding hydrogens is 420 g/mol. The van der Waals surface area contributed by atoms with Crippen LogP contribution < -0.4 is 10.1 Å². The average Bonchev–Trinajstić information content (AvgIpc) is 3.23. The second-order valence-corrected chi connectivity index (χ2v) is 8.50. The highest BCUT2D eigenvalue weighted by molar-refractivity contribution is 6.01. The van der Waals surface area contributed by atoms with E-state index in [1.807, 2.05) is 48.5 Å². The van der Waals surface area contributed by atoms with Gasteiger partial charge in [-0.15, -0.1) is 0 Å². The van der Waals surface area contributed by atoms with E-state index < -0.39 is 0 Å². The molecule has 2 aliphatic rings. The Hall–Kier alpha value is -3.71. The molecule has 3 N–H and O–H groups in total. The number of hydrogen-bond donors (Lipinski definition) is 3. The molecule has 1 fully saturated rings. The molecule has 0 radical (unpaired) electrons. The van der Waals surface area contributed by atoms with Crippen molar-refractivity contribution in [2.75, 3.05) is 18.5 Å². The number of carbonyl (C=O) groups is 1. The molecule has 1 saturated heterocycles. The van der Waals surface area contributed by atoms with Crippen LogP contribution in [0.25, 0.3) is 0 Å². The third-order valence-corrected chi connectivity index (χ3v) is 6.19. The maximum absolute atomic E-state index is 13.6. The molecule has 0 spiro atoms. The standard InChI is InChI=1S/C26H26N2O5/c1-16-22(29)10-23(30)24(25(16)33-13-17-6-3-2-4-7-17)26(31)28-11-18-8-5-9-21(20(18)12-28)27-19-14-32-15-19/h2-10,19,27,29-30H,11-15H2,1H3. The van der Waals surface area contributed by atoms with E-state index in [4.69, 9.17) is 9.47 Å². The van der Waals surface area contributed by atoms with E-state index in [-0.39, 0.29) is 41.4 Å². The van der Waals surface area contributed by atoms with Crippen LogP contribution in [-0.2, 0) is 24.4 Å². The lowest BCUT2D eigenvalue weighted by Crippen LogP contribution is -2.40. The molecule has 3 aromatic carbocycles. The molecule has 5 rings (SSSR count). The summed E-state index contributed by atoms with van der Waals surface area (Å²) in [5.74, 6) is -0.562. The van der Waals surface area contributed by atoms with Gasteiger partial charge < -0.3 is 29.9 Å². The van der Waals surface area contributed by atoms with Gasteiger partial charge in [-0.2, -0.15) is 0 Å². The Morgan fingerprint density at radius 3 is 2.61 bits per heavy atom. The Kier molecular flexibility index (Phi) is 5.56. The summed E-state index contributed by atoms with van der Waals surface area (Å²) in [6.07, 6.45) is 0. The van der Waals surface area contributed by atoms with Gasteiger partial charge in [0.15, 0.2) is 0 Å². The van der Waals surface area contributed by atoms with E-state index in [9.17, 15) is 15.0 Å². The van der Waals surface area contributed by atoms with Gasteiger partial charge in [0.05, 0.1) is 19.3 Å². The molecular formula is C26H26N2O5. The first-order valence-electron chi connectivity index (χ1n) is 11.0. The number of aromatic hydroxyl groups is 2. The smallest absolute Gasteiger partial charge is 0.262 e. The second-order valence-electron chi connectivity index (χ2n) is 8.50. The molecule has 7 nitrogen and oxygen atoms in total. The number of benzene rings is 3. The molecule has 3 aromatic rings. The van der Waals surface area contributed by atoms with E-state index in [0.29, 0.717) is 31.9 Å². The van der Waals surface area contributed by atoms with Crippen molar-refractivity contribution in [2.24, 2.45) is 0 Å². The molecule has 0 unspecified atom stereocenters. The zero-order valence-corrected chi connectivity index (χ0v) is 18.4. The number of ether oxygens (including phenoxy) is 2. The van der Waals surface area contributed by atoms with Crippen molar-refractivity contribution in [3.63, 3.8) is 0 Å². The molecule has 0 bridgehead atoms. The summed E-state index contributed by atoms with van der Waals surface area (Å²) in [5.41, 5.74) is 4.53. The number of amides is 1. The largest absolute Gasteiger partial charge is 0.507 e. The van der Waals surface area contributed by atoms with Crippen molar-refractivity contribution in [2.45, 2.75) is 32.7 Å². The highest BCUT2D eigenvalue weighted by Gasteiger charge is 2.32. The van der Waals surface area contributed by atoms with Crippen LogP contribution >= 0.6 is 0 Å². The first-order chi connectivity index (χ1) is 16.0. The van der Waals surface area contributed by atoms with Crippen LogP contribution in [0.3, 0.4) is 0 Å². The first-order valence-corrected chi connectivity index (χ1v) is 11.0. The highest BCUT2D eigenvalue weighted by Crippen LogP contribution is 2.40. The van der Waals surface area contributed by atoms with Crippen LogP contribution in [0.15, 0.2) is 54.6 Å². The molecule has 1 amide bonds. The van der Waals surface area contributed by atoms with E-state index in [0.717, 1.165) is 22.4 Å². The van der Waals surface area contributed by atoms with Crippen molar-refractivity contribution in [3.05, 3.63) is 82.4 Å². The van der Waals surface area contributed by atoms with E-state index in [1.54, 1.807) is 11.8 Å². The monoisotopic (exact) mass is 446 g/mol. The molecule has 2 heterocycles. The first kappa shape index (κ1) is 21.2. The van der Waals surface area contributed by atoms with Gasteiger partial charge in [0, 0.05) is 30.4 Å². The van der Waals surface area contributed by atoms with Gasteiger partial charge >= 0.3 is 0 Å². The van der Waals surface area contributed by atoms with Crippen molar-refractivity contribution in [1.29, 1.82) is 0 Å². The van der Waals surface area contributed by atoms with Gasteiger partial charge in [-0.1, -0.05) is 42.5 Å². The maximum Gasteiger partial charge on any atom is 0.262 e. The van der Waals surface area contributed by atoms with Crippen molar-refractivity contribution in [3.8, 4) is 17.2 Å². The van der Waals surface area contributed by atoms with Gasteiger partial charge in [0.2, 0.25) is 0 Å².